The first kappa shape index (κ1) is 23.0. The van der Waals surface area contributed by atoms with Gasteiger partial charge in [-0.3, -0.25) is 14.3 Å². The Hall–Kier alpha value is -4.79. The molecule has 2 N–H and O–H groups in total. The Morgan fingerprint density at radius 2 is 1.86 bits per heavy atom. The van der Waals surface area contributed by atoms with Crippen molar-refractivity contribution in [3.8, 4) is 11.3 Å². The van der Waals surface area contributed by atoms with Crippen molar-refractivity contribution in [2.45, 2.75) is 26.9 Å². The standard InChI is InChI=1S/C27H24N6O3/c1-17-7-9-20(10-8-17)23-14-22(25-18(2)32-36-27(25)31-23)26(35)28-15-19-5-3-6-21(13-19)30-24(34)16-33-12-4-11-29-33/h3-14H,15-16H2,1-2H3,(H,28,35)(H,30,34). The number of benzene rings is 2. The summed E-state index contributed by atoms with van der Waals surface area (Å²) in [6.07, 6.45) is 3.35. The molecule has 0 spiro atoms. The molecule has 9 heteroatoms. The monoisotopic (exact) mass is 480 g/mol. The first-order valence-corrected chi connectivity index (χ1v) is 11.4. The molecule has 180 valence electrons. The van der Waals surface area contributed by atoms with Gasteiger partial charge in [-0.1, -0.05) is 47.1 Å². The molecule has 3 heterocycles. The molecule has 0 aliphatic rings. The quantitative estimate of drug-likeness (QED) is 0.359. The molecule has 0 saturated carbocycles. The van der Waals surface area contributed by atoms with Gasteiger partial charge in [-0.25, -0.2) is 4.98 Å². The lowest BCUT2D eigenvalue weighted by Gasteiger charge is -2.10. The zero-order valence-corrected chi connectivity index (χ0v) is 19.9. The number of rotatable bonds is 7. The van der Waals surface area contributed by atoms with Crippen molar-refractivity contribution in [3.05, 3.63) is 95.4 Å². The zero-order valence-electron chi connectivity index (χ0n) is 19.9. The van der Waals surface area contributed by atoms with Crippen molar-refractivity contribution in [3.63, 3.8) is 0 Å². The van der Waals surface area contributed by atoms with E-state index in [0.29, 0.717) is 33.7 Å². The van der Waals surface area contributed by atoms with Crippen molar-refractivity contribution in [1.82, 2.24) is 25.2 Å². The lowest BCUT2D eigenvalue weighted by Crippen LogP contribution is -2.23. The van der Waals surface area contributed by atoms with Crippen LogP contribution in [0.25, 0.3) is 22.4 Å². The molecule has 2 aromatic carbocycles. The van der Waals surface area contributed by atoms with Gasteiger partial charge in [0.2, 0.25) is 5.91 Å². The second-order valence-electron chi connectivity index (χ2n) is 8.50. The van der Waals surface area contributed by atoms with E-state index in [-0.39, 0.29) is 24.9 Å². The molecule has 3 aromatic heterocycles. The summed E-state index contributed by atoms with van der Waals surface area (Å²) >= 11 is 0. The number of hydrogen-bond donors (Lipinski definition) is 2. The maximum Gasteiger partial charge on any atom is 0.259 e. The average Bonchev–Trinajstić information content (AvgIpc) is 3.52. The summed E-state index contributed by atoms with van der Waals surface area (Å²) in [5.74, 6) is -0.458. The lowest BCUT2D eigenvalue weighted by molar-refractivity contribution is -0.116. The maximum absolute atomic E-state index is 13.3. The van der Waals surface area contributed by atoms with Gasteiger partial charge in [-0.2, -0.15) is 5.10 Å². The van der Waals surface area contributed by atoms with E-state index in [0.717, 1.165) is 16.7 Å². The normalized spacial score (nSPS) is 10.9. The van der Waals surface area contributed by atoms with Gasteiger partial charge in [0.1, 0.15) is 6.54 Å². The van der Waals surface area contributed by atoms with E-state index in [4.69, 9.17) is 4.52 Å². The lowest BCUT2D eigenvalue weighted by atomic mass is 10.0. The summed E-state index contributed by atoms with van der Waals surface area (Å²) in [6, 6.07) is 18.8. The number of nitrogens with zero attached hydrogens (tertiary/aromatic N) is 4. The number of aryl methyl sites for hydroxylation is 2. The number of aromatic nitrogens is 4. The third-order valence-electron chi connectivity index (χ3n) is 5.74. The van der Waals surface area contributed by atoms with Crippen molar-refractivity contribution in [1.29, 1.82) is 0 Å². The summed E-state index contributed by atoms with van der Waals surface area (Å²) < 4.78 is 6.94. The Morgan fingerprint density at radius 1 is 1.03 bits per heavy atom. The molecule has 0 atom stereocenters. The van der Waals surface area contributed by atoms with Gasteiger partial charge >= 0.3 is 0 Å². The predicted molar refractivity (Wildman–Crippen MR) is 135 cm³/mol. The molecule has 0 unspecified atom stereocenters. The van der Waals surface area contributed by atoms with Crippen LogP contribution in [0.3, 0.4) is 0 Å². The molecule has 5 aromatic rings. The highest BCUT2D eigenvalue weighted by atomic mass is 16.5. The van der Waals surface area contributed by atoms with Crippen LogP contribution in [0.5, 0.6) is 0 Å². The fourth-order valence-electron chi connectivity index (χ4n) is 3.92. The minimum absolute atomic E-state index is 0.118. The summed E-state index contributed by atoms with van der Waals surface area (Å²) in [5.41, 5.74) is 5.48. The van der Waals surface area contributed by atoms with Gasteiger partial charge < -0.3 is 15.2 Å². The fourth-order valence-corrected chi connectivity index (χ4v) is 3.92. The van der Waals surface area contributed by atoms with Gasteiger partial charge in [0.25, 0.3) is 11.6 Å². The highest BCUT2D eigenvalue weighted by Gasteiger charge is 2.19. The Balaban J connectivity index is 1.33. The molecule has 0 radical (unpaired) electrons. The Bertz CT molecular complexity index is 1540. The second-order valence-corrected chi connectivity index (χ2v) is 8.50. The molecule has 0 fully saturated rings. The minimum Gasteiger partial charge on any atom is -0.348 e. The topological polar surface area (TPSA) is 115 Å². The Kier molecular flexibility index (Phi) is 6.27. The van der Waals surface area contributed by atoms with E-state index in [1.54, 1.807) is 42.2 Å². The molecule has 0 aliphatic heterocycles. The van der Waals surface area contributed by atoms with E-state index in [9.17, 15) is 9.59 Å². The van der Waals surface area contributed by atoms with E-state index in [1.165, 1.54) is 0 Å². The molecule has 0 aliphatic carbocycles. The van der Waals surface area contributed by atoms with Crippen LogP contribution in [0, 0.1) is 13.8 Å². The van der Waals surface area contributed by atoms with Crippen LogP contribution >= 0.6 is 0 Å². The van der Waals surface area contributed by atoms with Crippen LogP contribution < -0.4 is 10.6 Å². The SMILES string of the molecule is Cc1ccc(-c2cc(C(=O)NCc3cccc(NC(=O)Cn4cccn4)c3)c3c(C)noc3n2)cc1. The maximum atomic E-state index is 13.3. The van der Waals surface area contributed by atoms with Gasteiger partial charge in [-0.15, -0.1) is 0 Å². The zero-order chi connectivity index (χ0) is 25.1. The molecule has 0 saturated heterocycles. The number of hydrogen-bond acceptors (Lipinski definition) is 6. The summed E-state index contributed by atoms with van der Waals surface area (Å²) in [5, 5.41) is 14.5. The van der Waals surface area contributed by atoms with Crippen LogP contribution in [0.2, 0.25) is 0 Å². The number of amides is 2. The molecule has 36 heavy (non-hydrogen) atoms. The number of pyridine rings is 1. The van der Waals surface area contributed by atoms with Crippen molar-refractivity contribution in [2.24, 2.45) is 0 Å². The van der Waals surface area contributed by atoms with Crippen LogP contribution in [0.15, 0.2) is 77.6 Å². The Morgan fingerprint density at radius 3 is 2.64 bits per heavy atom. The first-order valence-electron chi connectivity index (χ1n) is 11.4. The number of fused-ring (bicyclic) bond motifs is 1. The summed E-state index contributed by atoms with van der Waals surface area (Å²) in [4.78, 5) is 30.1. The summed E-state index contributed by atoms with van der Waals surface area (Å²) in [6.45, 7) is 4.19. The minimum atomic E-state index is -0.268. The molecule has 5 rings (SSSR count). The number of nitrogens with one attached hydrogen (secondary N) is 2. The Labute approximate surface area is 207 Å². The largest absolute Gasteiger partial charge is 0.348 e. The molecular weight excluding hydrogens is 456 g/mol. The highest BCUT2D eigenvalue weighted by molar-refractivity contribution is 6.07. The molecule has 2 amide bonds. The number of anilines is 1. The third-order valence-corrected chi connectivity index (χ3v) is 5.74. The third kappa shape index (κ3) is 5.00. The van der Waals surface area contributed by atoms with Crippen molar-refractivity contribution >= 4 is 28.6 Å². The van der Waals surface area contributed by atoms with Crippen LogP contribution in [-0.2, 0) is 17.9 Å². The van der Waals surface area contributed by atoms with Crippen LogP contribution in [0.1, 0.15) is 27.2 Å². The van der Waals surface area contributed by atoms with Gasteiger partial charge in [0.15, 0.2) is 0 Å². The van der Waals surface area contributed by atoms with Gasteiger partial charge in [0, 0.05) is 30.2 Å². The van der Waals surface area contributed by atoms with Crippen molar-refractivity contribution in [2.75, 3.05) is 5.32 Å². The van der Waals surface area contributed by atoms with E-state index in [1.807, 2.05) is 49.4 Å². The van der Waals surface area contributed by atoms with E-state index in [2.05, 4.69) is 25.9 Å². The smallest absolute Gasteiger partial charge is 0.259 e. The molecule has 9 nitrogen and oxygen atoms in total. The van der Waals surface area contributed by atoms with E-state index < -0.39 is 0 Å². The first-order chi connectivity index (χ1) is 17.5. The fraction of sp³-hybridized carbons (Fsp3) is 0.148. The van der Waals surface area contributed by atoms with Gasteiger partial charge in [0.05, 0.1) is 22.3 Å². The van der Waals surface area contributed by atoms with Crippen LogP contribution in [-0.4, -0.2) is 31.7 Å². The number of carbonyl (C=O) groups excluding carboxylic acids is 2. The predicted octanol–water partition coefficient (Wildman–Crippen LogP) is 4.27. The highest BCUT2D eigenvalue weighted by Crippen LogP contribution is 2.27. The van der Waals surface area contributed by atoms with Gasteiger partial charge in [-0.05, 0) is 43.7 Å². The second kappa shape index (κ2) is 9.83. The van der Waals surface area contributed by atoms with Crippen molar-refractivity contribution < 1.29 is 14.1 Å². The summed E-state index contributed by atoms with van der Waals surface area (Å²) in [7, 11) is 0. The average molecular weight is 481 g/mol. The number of carbonyl (C=O) groups is 2. The molecular formula is C27H24N6O3. The molecule has 0 bridgehead atoms. The van der Waals surface area contributed by atoms with E-state index >= 15 is 0 Å². The van der Waals surface area contributed by atoms with Crippen LogP contribution in [0.4, 0.5) is 5.69 Å².